The van der Waals surface area contributed by atoms with Crippen molar-refractivity contribution in [2.24, 2.45) is 5.92 Å². The summed E-state index contributed by atoms with van der Waals surface area (Å²) in [6.07, 6.45) is 2.99. The first kappa shape index (κ1) is 24.8. The van der Waals surface area contributed by atoms with Gasteiger partial charge >= 0.3 is 0 Å². The molecule has 1 aliphatic carbocycles. The van der Waals surface area contributed by atoms with Crippen molar-refractivity contribution in [1.82, 2.24) is 10.2 Å². The molecule has 1 saturated carbocycles. The minimum absolute atomic E-state index is 0.00177. The molecule has 34 heavy (non-hydrogen) atoms. The first-order valence-electron chi connectivity index (χ1n) is 11.7. The van der Waals surface area contributed by atoms with Crippen molar-refractivity contribution in [3.8, 4) is 0 Å². The van der Waals surface area contributed by atoms with E-state index < -0.39 is 9.84 Å². The maximum Gasteiger partial charge on any atom is 0.255 e. The lowest BCUT2D eigenvalue weighted by Crippen LogP contribution is -2.44. The predicted octanol–water partition coefficient (Wildman–Crippen LogP) is 3.52. The molecule has 1 heterocycles. The maximum atomic E-state index is 13.0. The standard InChI is InChI=1S/C25H31N3O4S2/c1-2-14-28(25-26-13-15-33-25)24(30)20-7-9-21(10-8-20)27-23(29)16-18-5-11-22(12-6-18)34(31,32)17-19-3-4-19/h5-12,19,25-26H,2-4,13-17H2,1H3,(H,27,29). The maximum absolute atomic E-state index is 13.0. The van der Waals surface area contributed by atoms with E-state index in [4.69, 9.17) is 0 Å². The number of carbonyl (C=O) groups excluding carboxylic acids is 2. The Morgan fingerprint density at radius 3 is 2.38 bits per heavy atom. The van der Waals surface area contributed by atoms with Gasteiger partial charge in [-0.25, -0.2) is 8.42 Å². The Bertz CT molecular complexity index is 1110. The zero-order valence-corrected chi connectivity index (χ0v) is 21.0. The molecule has 182 valence electrons. The van der Waals surface area contributed by atoms with E-state index in [1.54, 1.807) is 60.3 Å². The van der Waals surface area contributed by atoms with Gasteiger partial charge in [0.2, 0.25) is 5.91 Å². The Morgan fingerprint density at radius 2 is 1.79 bits per heavy atom. The predicted molar refractivity (Wildman–Crippen MR) is 136 cm³/mol. The van der Waals surface area contributed by atoms with E-state index in [0.29, 0.717) is 28.6 Å². The molecular weight excluding hydrogens is 470 g/mol. The summed E-state index contributed by atoms with van der Waals surface area (Å²) in [6.45, 7) is 3.63. The van der Waals surface area contributed by atoms with Crippen molar-refractivity contribution in [2.45, 2.75) is 43.0 Å². The molecule has 2 fully saturated rings. The Hall–Kier alpha value is -2.36. The van der Waals surface area contributed by atoms with Gasteiger partial charge in [0.25, 0.3) is 5.91 Å². The van der Waals surface area contributed by atoms with Crippen LogP contribution in [0.3, 0.4) is 0 Å². The first-order chi connectivity index (χ1) is 16.4. The second kappa shape index (κ2) is 10.9. The van der Waals surface area contributed by atoms with E-state index in [1.165, 1.54) is 0 Å². The van der Waals surface area contributed by atoms with Crippen molar-refractivity contribution in [3.63, 3.8) is 0 Å². The molecule has 9 heteroatoms. The number of rotatable bonds is 10. The SMILES string of the molecule is CCCN(C(=O)c1ccc(NC(=O)Cc2ccc(S(=O)(=O)CC3CC3)cc2)cc1)C1NCCS1. The Labute approximate surface area is 205 Å². The molecule has 1 aliphatic heterocycles. The van der Waals surface area contributed by atoms with E-state index in [1.807, 2.05) is 4.90 Å². The van der Waals surface area contributed by atoms with Gasteiger partial charge in [0.1, 0.15) is 5.50 Å². The summed E-state index contributed by atoms with van der Waals surface area (Å²) in [4.78, 5) is 27.7. The number of amides is 2. The van der Waals surface area contributed by atoms with Gasteiger partial charge in [0.15, 0.2) is 9.84 Å². The monoisotopic (exact) mass is 501 g/mol. The first-order valence-corrected chi connectivity index (χ1v) is 14.4. The minimum atomic E-state index is -3.25. The van der Waals surface area contributed by atoms with Crippen LogP contribution in [0.15, 0.2) is 53.4 Å². The molecule has 2 aliphatic rings. The van der Waals surface area contributed by atoms with Gasteiger partial charge in [-0.3, -0.25) is 14.9 Å². The van der Waals surface area contributed by atoms with Crippen LogP contribution in [-0.2, 0) is 21.1 Å². The van der Waals surface area contributed by atoms with Crippen molar-refractivity contribution in [2.75, 3.05) is 29.9 Å². The lowest BCUT2D eigenvalue weighted by Gasteiger charge is -2.28. The second-order valence-corrected chi connectivity index (χ2v) is 12.1. The molecular formula is C25H31N3O4S2. The van der Waals surface area contributed by atoms with E-state index in [0.717, 1.165) is 37.1 Å². The fourth-order valence-electron chi connectivity index (χ4n) is 3.94. The normalized spacial score (nSPS) is 18.0. The van der Waals surface area contributed by atoms with Crippen LogP contribution in [0.1, 0.15) is 42.1 Å². The highest BCUT2D eigenvalue weighted by Crippen LogP contribution is 2.32. The number of hydrogen-bond acceptors (Lipinski definition) is 6. The number of anilines is 1. The van der Waals surface area contributed by atoms with Crippen LogP contribution in [0.4, 0.5) is 5.69 Å². The molecule has 2 aromatic carbocycles. The molecule has 0 aromatic heterocycles. The highest BCUT2D eigenvalue weighted by atomic mass is 32.2. The fraction of sp³-hybridized carbons (Fsp3) is 0.440. The van der Waals surface area contributed by atoms with Crippen molar-refractivity contribution >= 4 is 39.1 Å². The van der Waals surface area contributed by atoms with E-state index in [2.05, 4.69) is 17.6 Å². The zero-order chi connectivity index (χ0) is 24.1. The van der Waals surface area contributed by atoms with Crippen LogP contribution in [0.5, 0.6) is 0 Å². The summed E-state index contributed by atoms with van der Waals surface area (Å²) in [5, 5.41) is 6.20. The topological polar surface area (TPSA) is 95.6 Å². The van der Waals surface area contributed by atoms with Gasteiger partial charge < -0.3 is 10.2 Å². The number of nitrogens with one attached hydrogen (secondary N) is 2. The highest BCUT2D eigenvalue weighted by Gasteiger charge is 2.29. The molecule has 0 radical (unpaired) electrons. The third-order valence-corrected chi connectivity index (χ3v) is 9.00. The zero-order valence-electron chi connectivity index (χ0n) is 19.3. The van der Waals surface area contributed by atoms with Gasteiger partial charge in [0, 0.05) is 30.1 Å². The largest absolute Gasteiger partial charge is 0.326 e. The number of hydrogen-bond donors (Lipinski definition) is 2. The van der Waals surface area contributed by atoms with Crippen molar-refractivity contribution in [1.29, 1.82) is 0 Å². The summed E-state index contributed by atoms with van der Waals surface area (Å²) in [7, 11) is -3.25. The Kier molecular flexibility index (Phi) is 7.95. The van der Waals surface area contributed by atoms with E-state index in [9.17, 15) is 18.0 Å². The van der Waals surface area contributed by atoms with Crippen molar-refractivity contribution < 1.29 is 18.0 Å². The molecule has 0 spiro atoms. The quantitative estimate of drug-likeness (QED) is 0.517. The van der Waals surface area contributed by atoms with Crippen molar-refractivity contribution in [3.05, 3.63) is 59.7 Å². The molecule has 2 N–H and O–H groups in total. The van der Waals surface area contributed by atoms with Gasteiger partial charge in [0.05, 0.1) is 17.1 Å². The molecule has 4 rings (SSSR count). The Balaban J connectivity index is 1.33. The van der Waals surface area contributed by atoms with Gasteiger partial charge in [-0.2, -0.15) is 0 Å². The third kappa shape index (κ3) is 6.40. The lowest BCUT2D eigenvalue weighted by atomic mass is 10.1. The third-order valence-electron chi connectivity index (χ3n) is 5.92. The Morgan fingerprint density at radius 1 is 1.09 bits per heavy atom. The average molecular weight is 502 g/mol. The van der Waals surface area contributed by atoms with E-state index >= 15 is 0 Å². The smallest absolute Gasteiger partial charge is 0.255 e. The summed E-state index contributed by atoms with van der Waals surface area (Å²) in [5.74, 6) is 1.26. The second-order valence-electron chi connectivity index (χ2n) is 8.85. The molecule has 0 bridgehead atoms. The van der Waals surface area contributed by atoms with Crippen LogP contribution in [0.25, 0.3) is 0 Å². The van der Waals surface area contributed by atoms with Gasteiger partial charge in [-0.1, -0.05) is 19.1 Å². The molecule has 2 amide bonds. The lowest BCUT2D eigenvalue weighted by molar-refractivity contribution is -0.115. The minimum Gasteiger partial charge on any atom is -0.326 e. The van der Waals surface area contributed by atoms with Crippen LogP contribution < -0.4 is 10.6 Å². The molecule has 7 nitrogen and oxygen atoms in total. The van der Waals surface area contributed by atoms with Crippen LogP contribution in [0, 0.1) is 5.92 Å². The summed E-state index contributed by atoms with van der Waals surface area (Å²) in [5.41, 5.74) is 1.94. The number of sulfone groups is 1. The fourth-order valence-corrected chi connectivity index (χ4v) is 6.71. The number of benzene rings is 2. The summed E-state index contributed by atoms with van der Waals surface area (Å²) >= 11 is 1.74. The average Bonchev–Trinajstić information content (AvgIpc) is 3.45. The number of nitrogens with zero attached hydrogens (tertiary/aromatic N) is 1. The molecule has 2 aromatic rings. The molecule has 1 unspecified atom stereocenters. The number of carbonyl (C=O) groups is 2. The van der Waals surface area contributed by atoms with Gasteiger partial charge in [-0.05, 0) is 67.1 Å². The number of thioether (sulfide) groups is 1. The van der Waals surface area contributed by atoms with Crippen LogP contribution >= 0.6 is 11.8 Å². The molecule has 1 atom stereocenters. The summed E-state index contributed by atoms with van der Waals surface area (Å²) in [6, 6.07) is 13.5. The highest BCUT2D eigenvalue weighted by molar-refractivity contribution is 8.00. The van der Waals surface area contributed by atoms with E-state index in [-0.39, 0.29) is 29.5 Å². The van der Waals surface area contributed by atoms with Crippen LogP contribution in [0.2, 0.25) is 0 Å². The van der Waals surface area contributed by atoms with Gasteiger partial charge in [-0.15, -0.1) is 11.8 Å². The van der Waals surface area contributed by atoms with Crippen LogP contribution in [-0.4, -0.2) is 55.2 Å². The molecule has 1 saturated heterocycles. The summed E-state index contributed by atoms with van der Waals surface area (Å²) < 4.78 is 24.7.